The Morgan fingerprint density at radius 3 is 2.31 bits per heavy atom. The van der Waals surface area contributed by atoms with Gasteiger partial charge in [0.2, 0.25) is 11.8 Å². The number of hydrogen-bond donors (Lipinski definition) is 1. The van der Waals surface area contributed by atoms with Crippen LogP contribution in [0.3, 0.4) is 0 Å². The summed E-state index contributed by atoms with van der Waals surface area (Å²) in [6, 6.07) is -0.666. The average Bonchev–Trinajstić information content (AvgIpc) is 2.76. The number of amides is 2. The predicted octanol–water partition coefficient (Wildman–Crippen LogP) is 2.13. The van der Waals surface area contributed by atoms with Gasteiger partial charge in [-0.2, -0.15) is 0 Å². The van der Waals surface area contributed by atoms with E-state index in [2.05, 4.69) is 5.32 Å². The lowest BCUT2D eigenvalue weighted by Gasteiger charge is -2.46. The van der Waals surface area contributed by atoms with Gasteiger partial charge in [0.05, 0.1) is 31.5 Å². The van der Waals surface area contributed by atoms with Gasteiger partial charge in [0.1, 0.15) is 6.04 Å². The van der Waals surface area contributed by atoms with E-state index < -0.39 is 6.04 Å². The van der Waals surface area contributed by atoms with Gasteiger partial charge in [-0.05, 0) is 45.4 Å². The molecule has 3 aliphatic heterocycles. The lowest BCUT2D eigenvalue weighted by Crippen LogP contribution is -2.57. The first-order valence-electron chi connectivity index (χ1n) is 11.2. The first kappa shape index (κ1) is 22.5. The van der Waals surface area contributed by atoms with E-state index in [9.17, 15) is 9.59 Å². The Hall–Kier alpha value is -1.18. The molecule has 0 aromatic heterocycles. The summed E-state index contributed by atoms with van der Waals surface area (Å²) in [5, 5.41) is 2.95. The molecule has 0 aromatic rings. The molecule has 1 N–H and O–H groups in total. The number of likely N-dealkylation sites (tertiary alicyclic amines) is 1. The molecule has 29 heavy (non-hydrogen) atoms. The number of carbonyl (C=O) groups excluding carboxylic acids is 2. The van der Waals surface area contributed by atoms with E-state index in [0.717, 1.165) is 45.1 Å². The summed E-state index contributed by atoms with van der Waals surface area (Å²) >= 11 is 0. The number of fused-ring (bicyclic) bond motifs is 3. The van der Waals surface area contributed by atoms with Gasteiger partial charge in [-0.3, -0.25) is 9.59 Å². The number of methoxy groups -OCH3 is 1. The van der Waals surface area contributed by atoms with Gasteiger partial charge in [-0.25, -0.2) is 0 Å². The van der Waals surface area contributed by atoms with E-state index in [0.29, 0.717) is 25.8 Å². The fourth-order valence-electron chi connectivity index (χ4n) is 4.61. The van der Waals surface area contributed by atoms with E-state index >= 15 is 0 Å². The molecule has 3 saturated heterocycles. The van der Waals surface area contributed by atoms with Crippen molar-refractivity contribution in [1.29, 1.82) is 0 Å². The van der Waals surface area contributed by atoms with Crippen molar-refractivity contribution in [2.24, 2.45) is 11.3 Å². The zero-order valence-corrected chi connectivity index (χ0v) is 18.4. The number of hydrogen-bond acceptors (Lipinski definition) is 5. The van der Waals surface area contributed by atoms with Crippen LogP contribution < -0.4 is 5.32 Å². The molecule has 4 rings (SSSR count). The maximum Gasteiger partial charge on any atom is 0.247 e. The first-order valence-corrected chi connectivity index (χ1v) is 11.2. The van der Waals surface area contributed by atoms with E-state index in [1.54, 1.807) is 7.11 Å². The summed E-state index contributed by atoms with van der Waals surface area (Å²) < 4.78 is 17.5. The van der Waals surface area contributed by atoms with Crippen LogP contribution >= 0.6 is 0 Å². The minimum atomic E-state index is -0.666. The number of piperidine rings is 1. The molecule has 2 amide bonds. The molecule has 0 spiro atoms. The molecule has 1 aliphatic carbocycles. The summed E-state index contributed by atoms with van der Waals surface area (Å²) in [4.78, 5) is 27.5. The van der Waals surface area contributed by atoms with E-state index in [1.807, 2.05) is 25.7 Å². The largest absolute Gasteiger partial charge is 0.381 e. The number of carbonyl (C=O) groups is 2. The van der Waals surface area contributed by atoms with Gasteiger partial charge < -0.3 is 24.4 Å². The van der Waals surface area contributed by atoms with Crippen molar-refractivity contribution in [2.45, 2.75) is 83.6 Å². The van der Waals surface area contributed by atoms with Crippen molar-refractivity contribution in [3.63, 3.8) is 0 Å². The highest BCUT2D eigenvalue weighted by atomic mass is 16.5. The molecule has 2 bridgehead atoms. The third-order valence-electron chi connectivity index (χ3n) is 6.92. The minimum absolute atomic E-state index is 0.0536. The Morgan fingerprint density at radius 1 is 1.14 bits per heavy atom. The van der Waals surface area contributed by atoms with Crippen LogP contribution in [0.25, 0.3) is 0 Å². The molecule has 1 saturated carbocycles. The highest BCUT2D eigenvalue weighted by molar-refractivity contribution is 5.88. The minimum Gasteiger partial charge on any atom is -0.381 e. The van der Waals surface area contributed by atoms with Crippen molar-refractivity contribution in [1.82, 2.24) is 10.2 Å². The van der Waals surface area contributed by atoms with Crippen LogP contribution in [0.15, 0.2) is 0 Å². The Kier molecular flexibility index (Phi) is 7.57. The maximum atomic E-state index is 13.3. The molecule has 0 radical (unpaired) electrons. The number of ether oxygens (including phenoxy) is 3. The van der Waals surface area contributed by atoms with Crippen molar-refractivity contribution < 1.29 is 23.8 Å². The normalized spacial score (nSPS) is 29.7. The molecule has 4 aliphatic rings. The van der Waals surface area contributed by atoms with Gasteiger partial charge in [-0.1, -0.05) is 13.8 Å². The standard InChI is InChI=1S/C22H38N2O5/c1-15(2)20(25)23-19(21(26)24-11-7-17(27-4)8-12-24)16(3)28-13-22-9-5-18(6-10-22)29-14-22/h15-19H,5-14H2,1-4H3,(H,23,25). The molecule has 2 unspecified atom stereocenters. The van der Waals surface area contributed by atoms with Crippen LogP contribution in [0, 0.1) is 11.3 Å². The van der Waals surface area contributed by atoms with Crippen LogP contribution in [0.1, 0.15) is 59.3 Å². The number of rotatable bonds is 8. The summed E-state index contributed by atoms with van der Waals surface area (Å²) in [6.45, 7) is 8.19. The van der Waals surface area contributed by atoms with Gasteiger partial charge in [0.25, 0.3) is 0 Å². The fourth-order valence-corrected chi connectivity index (χ4v) is 4.61. The average molecular weight is 411 g/mol. The van der Waals surface area contributed by atoms with E-state index in [-0.39, 0.29) is 35.4 Å². The van der Waals surface area contributed by atoms with Crippen molar-refractivity contribution >= 4 is 11.8 Å². The second-order valence-electron chi connectivity index (χ2n) is 9.43. The molecular weight excluding hydrogens is 372 g/mol. The highest BCUT2D eigenvalue weighted by Gasteiger charge is 2.43. The van der Waals surface area contributed by atoms with Crippen LogP contribution in [-0.4, -0.2) is 74.5 Å². The van der Waals surface area contributed by atoms with Crippen molar-refractivity contribution in [2.75, 3.05) is 33.4 Å². The first-order chi connectivity index (χ1) is 13.8. The SMILES string of the molecule is COC1CCN(C(=O)C(NC(=O)C(C)C)C(C)OCC23CCC(CC2)OC3)CC1. The summed E-state index contributed by atoms with van der Waals surface area (Å²) in [5.41, 5.74) is 0.0650. The molecule has 3 heterocycles. The smallest absolute Gasteiger partial charge is 0.247 e. The van der Waals surface area contributed by atoms with Crippen LogP contribution in [-0.2, 0) is 23.8 Å². The van der Waals surface area contributed by atoms with E-state index in [4.69, 9.17) is 14.2 Å². The van der Waals surface area contributed by atoms with E-state index in [1.165, 1.54) is 0 Å². The van der Waals surface area contributed by atoms with Crippen molar-refractivity contribution in [3.8, 4) is 0 Å². The van der Waals surface area contributed by atoms with Gasteiger partial charge >= 0.3 is 0 Å². The monoisotopic (exact) mass is 410 g/mol. The van der Waals surface area contributed by atoms with Crippen molar-refractivity contribution in [3.05, 3.63) is 0 Å². The summed E-state index contributed by atoms with van der Waals surface area (Å²) in [7, 11) is 1.71. The number of nitrogens with one attached hydrogen (secondary N) is 1. The van der Waals surface area contributed by atoms with Crippen LogP contribution in [0.4, 0.5) is 0 Å². The molecular formula is C22H38N2O5. The highest BCUT2D eigenvalue weighted by Crippen LogP contribution is 2.43. The van der Waals surface area contributed by atoms with Gasteiger partial charge in [0, 0.05) is 31.5 Å². The van der Waals surface area contributed by atoms with Crippen LogP contribution in [0.2, 0.25) is 0 Å². The molecule has 7 heteroatoms. The molecule has 0 aromatic carbocycles. The lowest BCUT2D eigenvalue weighted by atomic mass is 9.72. The zero-order valence-electron chi connectivity index (χ0n) is 18.4. The fraction of sp³-hybridized carbons (Fsp3) is 0.909. The topological polar surface area (TPSA) is 77.1 Å². The quantitative estimate of drug-likeness (QED) is 0.663. The summed E-state index contributed by atoms with van der Waals surface area (Å²) in [5.74, 6) is -0.357. The Balaban J connectivity index is 1.62. The predicted molar refractivity (Wildman–Crippen MR) is 109 cm³/mol. The molecule has 4 fully saturated rings. The Morgan fingerprint density at radius 2 is 1.79 bits per heavy atom. The van der Waals surface area contributed by atoms with Gasteiger partial charge in [0.15, 0.2) is 0 Å². The molecule has 7 nitrogen and oxygen atoms in total. The Bertz CT molecular complexity index is 552. The second kappa shape index (κ2) is 9.75. The third kappa shape index (κ3) is 5.50. The zero-order chi connectivity index (χ0) is 21.0. The molecule has 166 valence electrons. The van der Waals surface area contributed by atoms with Gasteiger partial charge in [-0.15, -0.1) is 0 Å². The lowest BCUT2D eigenvalue weighted by molar-refractivity contribution is -0.158. The van der Waals surface area contributed by atoms with Crippen LogP contribution in [0.5, 0.6) is 0 Å². The Labute approximate surface area is 174 Å². The second-order valence-corrected chi connectivity index (χ2v) is 9.43. The number of nitrogens with zero attached hydrogens (tertiary/aromatic N) is 1. The maximum absolute atomic E-state index is 13.3. The third-order valence-corrected chi connectivity index (χ3v) is 6.92. The molecule has 2 atom stereocenters. The summed E-state index contributed by atoms with van der Waals surface area (Å²) in [6.07, 6.45) is 6.31.